The highest BCUT2D eigenvalue weighted by molar-refractivity contribution is 5.97. The number of anilines is 3. The molecule has 1 fully saturated rings. The van der Waals surface area contributed by atoms with Crippen molar-refractivity contribution in [2.24, 2.45) is 5.92 Å². The van der Waals surface area contributed by atoms with Gasteiger partial charge < -0.3 is 16.0 Å². The lowest BCUT2D eigenvalue weighted by molar-refractivity contribution is -0.126. The second kappa shape index (κ2) is 7.29. The molecule has 3 rings (SSSR count). The number of amides is 2. The Bertz CT molecular complexity index is 801. The predicted octanol–water partition coefficient (Wildman–Crippen LogP) is 3.17. The lowest BCUT2D eigenvalue weighted by atomic mass is 9.98. The number of halogens is 2. The molecule has 130 valence electrons. The van der Waals surface area contributed by atoms with Crippen molar-refractivity contribution in [3.63, 3.8) is 0 Å². The first-order chi connectivity index (χ1) is 12.0. The molecule has 3 N–H and O–H groups in total. The Morgan fingerprint density at radius 3 is 2.52 bits per heavy atom. The van der Waals surface area contributed by atoms with Gasteiger partial charge in [-0.1, -0.05) is 12.1 Å². The average molecular weight is 345 g/mol. The molecule has 1 atom stereocenters. The molecule has 1 heterocycles. The molecule has 25 heavy (non-hydrogen) atoms. The monoisotopic (exact) mass is 345 g/mol. The van der Waals surface area contributed by atoms with Crippen LogP contribution in [0.1, 0.15) is 12.8 Å². The molecular formula is C18H17F2N3O2. The average Bonchev–Trinajstić information content (AvgIpc) is 2.59. The molecule has 7 heteroatoms. The molecule has 5 nitrogen and oxygen atoms in total. The molecule has 0 aromatic heterocycles. The van der Waals surface area contributed by atoms with Crippen LogP contribution in [0.4, 0.5) is 25.8 Å². The molecule has 0 aliphatic carbocycles. The molecule has 2 aromatic rings. The van der Waals surface area contributed by atoms with Crippen LogP contribution in [-0.2, 0) is 9.59 Å². The van der Waals surface area contributed by atoms with Crippen molar-refractivity contribution in [3.05, 3.63) is 54.1 Å². The fourth-order valence-electron chi connectivity index (χ4n) is 2.63. The number of nitrogens with one attached hydrogen (secondary N) is 3. The largest absolute Gasteiger partial charge is 0.355 e. The van der Waals surface area contributed by atoms with Crippen LogP contribution in [-0.4, -0.2) is 18.4 Å². The SMILES string of the molecule is O=C1CC[C@@H](C(=O)Nc2ccccc2Nc2ccc(F)cc2F)CN1. The predicted molar refractivity (Wildman–Crippen MR) is 90.4 cm³/mol. The zero-order valence-electron chi connectivity index (χ0n) is 13.3. The third-order valence-corrected chi connectivity index (χ3v) is 4.02. The van der Waals surface area contributed by atoms with Crippen molar-refractivity contribution in [2.75, 3.05) is 17.2 Å². The van der Waals surface area contributed by atoms with Crippen LogP contribution in [0, 0.1) is 17.6 Å². The van der Waals surface area contributed by atoms with Gasteiger partial charge in [-0.3, -0.25) is 9.59 Å². The van der Waals surface area contributed by atoms with Crippen molar-refractivity contribution in [3.8, 4) is 0 Å². The molecule has 1 aliphatic heterocycles. The van der Waals surface area contributed by atoms with E-state index in [0.29, 0.717) is 30.8 Å². The van der Waals surface area contributed by atoms with E-state index in [4.69, 9.17) is 0 Å². The molecule has 0 saturated carbocycles. The fraction of sp³-hybridized carbons (Fsp3) is 0.222. The minimum absolute atomic E-state index is 0.0575. The topological polar surface area (TPSA) is 70.2 Å². The molecule has 0 bridgehead atoms. The standard InChI is InChI=1S/C18H17F2N3O2/c19-12-6-7-14(13(20)9-12)22-15-3-1-2-4-16(15)23-18(25)11-5-8-17(24)21-10-11/h1-4,6-7,9,11,22H,5,8,10H2,(H,21,24)(H,23,25)/t11-/m1/s1. The van der Waals surface area contributed by atoms with E-state index >= 15 is 0 Å². The third-order valence-electron chi connectivity index (χ3n) is 4.02. The van der Waals surface area contributed by atoms with Gasteiger partial charge in [-0.2, -0.15) is 0 Å². The number of carbonyl (C=O) groups is 2. The normalized spacial score (nSPS) is 16.9. The molecule has 0 radical (unpaired) electrons. The van der Waals surface area contributed by atoms with Gasteiger partial charge in [0.15, 0.2) is 0 Å². The van der Waals surface area contributed by atoms with Gasteiger partial charge in [-0.25, -0.2) is 8.78 Å². The van der Waals surface area contributed by atoms with Gasteiger partial charge in [-0.05, 0) is 30.7 Å². The van der Waals surface area contributed by atoms with E-state index in [1.807, 2.05) is 0 Å². The number of carbonyl (C=O) groups excluding carboxylic acids is 2. The van der Waals surface area contributed by atoms with E-state index in [9.17, 15) is 18.4 Å². The minimum atomic E-state index is -0.726. The van der Waals surface area contributed by atoms with Crippen LogP contribution in [0.25, 0.3) is 0 Å². The van der Waals surface area contributed by atoms with Crippen LogP contribution in [0.2, 0.25) is 0 Å². The van der Waals surface area contributed by atoms with Crippen molar-refractivity contribution in [1.82, 2.24) is 5.32 Å². The molecule has 2 aromatic carbocycles. The second-order valence-electron chi connectivity index (χ2n) is 5.82. The quantitative estimate of drug-likeness (QED) is 0.797. The van der Waals surface area contributed by atoms with Crippen LogP contribution >= 0.6 is 0 Å². The highest BCUT2D eigenvalue weighted by atomic mass is 19.1. The van der Waals surface area contributed by atoms with Gasteiger partial charge in [0.05, 0.1) is 23.0 Å². The van der Waals surface area contributed by atoms with Crippen molar-refractivity contribution in [2.45, 2.75) is 12.8 Å². The summed E-state index contributed by atoms with van der Waals surface area (Å²) in [6.07, 6.45) is 0.804. The lowest BCUT2D eigenvalue weighted by Crippen LogP contribution is -2.40. The van der Waals surface area contributed by atoms with Gasteiger partial charge >= 0.3 is 0 Å². The highest BCUT2D eigenvalue weighted by Crippen LogP contribution is 2.28. The first kappa shape index (κ1) is 16.9. The maximum absolute atomic E-state index is 13.8. The molecule has 1 aliphatic rings. The van der Waals surface area contributed by atoms with Crippen molar-refractivity contribution >= 4 is 28.9 Å². The lowest BCUT2D eigenvalue weighted by Gasteiger charge is -2.22. The van der Waals surface area contributed by atoms with Gasteiger partial charge in [0.25, 0.3) is 0 Å². The van der Waals surface area contributed by atoms with Gasteiger partial charge in [0, 0.05) is 19.0 Å². The number of para-hydroxylation sites is 2. The molecule has 0 unspecified atom stereocenters. The Kier molecular flexibility index (Phi) is 4.92. The van der Waals surface area contributed by atoms with E-state index in [2.05, 4.69) is 16.0 Å². The summed E-state index contributed by atoms with van der Waals surface area (Å²) >= 11 is 0. The van der Waals surface area contributed by atoms with Crippen molar-refractivity contribution in [1.29, 1.82) is 0 Å². The number of rotatable bonds is 4. The smallest absolute Gasteiger partial charge is 0.229 e. The Labute approximate surface area is 143 Å². The number of piperidine rings is 1. The summed E-state index contributed by atoms with van der Waals surface area (Å²) in [6, 6.07) is 10.1. The van der Waals surface area contributed by atoms with Crippen molar-refractivity contribution < 1.29 is 18.4 Å². The summed E-state index contributed by atoms with van der Waals surface area (Å²) in [6.45, 7) is 0.298. The summed E-state index contributed by atoms with van der Waals surface area (Å²) in [5, 5.41) is 8.32. The minimum Gasteiger partial charge on any atom is -0.355 e. The maximum Gasteiger partial charge on any atom is 0.229 e. The summed E-state index contributed by atoms with van der Waals surface area (Å²) < 4.78 is 26.8. The molecule has 2 amide bonds. The van der Waals surface area contributed by atoms with E-state index < -0.39 is 11.6 Å². The number of hydrogen-bond donors (Lipinski definition) is 3. The number of hydrogen-bond acceptors (Lipinski definition) is 3. The maximum atomic E-state index is 13.8. The Morgan fingerprint density at radius 1 is 1.08 bits per heavy atom. The van der Waals surface area contributed by atoms with Gasteiger partial charge in [0.1, 0.15) is 11.6 Å². The zero-order valence-corrected chi connectivity index (χ0v) is 13.3. The summed E-state index contributed by atoms with van der Waals surface area (Å²) in [7, 11) is 0. The van der Waals surface area contributed by atoms with E-state index in [-0.39, 0.29) is 23.4 Å². The summed E-state index contributed by atoms with van der Waals surface area (Å²) in [4.78, 5) is 23.6. The van der Waals surface area contributed by atoms with Crippen LogP contribution < -0.4 is 16.0 Å². The van der Waals surface area contributed by atoms with E-state index in [1.165, 1.54) is 6.07 Å². The Balaban J connectivity index is 1.74. The first-order valence-electron chi connectivity index (χ1n) is 7.91. The van der Waals surface area contributed by atoms with E-state index in [1.54, 1.807) is 24.3 Å². The zero-order chi connectivity index (χ0) is 17.8. The summed E-state index contributed by atoms with van der Waals surface area (Å²) in [5.74, 6) is -1.97. The third kappa shape index (κ3) is 4.12. The van der Waals surface area contributed by atoms with Crippen LogP contribution in [0.15, 0.2) is 42.5 Å². The fourth-order valence-corrected chi connectivity index (χ4v) is 2.63. The summed E-state index contributed by atoms with van der Waals surface area (Å²) in [5.41, 5.74) is 1.07. The molecular weight excluding hydrogens is 328 g/mol. The number of benzene rings is 2. The van der Waals surface area contributed by atoms with Gasteiger partial charge in [0.2, 0.25) is 11.8 Å². The molecule has 1 saturated heterocycles. The van der Waals surface area contributed by atoms with Gasteiger partial charge in [-0.15, -0.1) is 0 Å². The van der Waals surface area contributed by atoms with E-state index in [0.717, 1.165) is 12.1 Å². The Hall–Kier alpha value is -2.96. The first-order valence-corrected chi connectivity index (χ1v) is 7.91. The highest BCUT2D eigenvalue weighted by Gasteiger charge is 2.24. The van der Waals surface area contributed by atoms with Crippen LogP contribution in [0.5, 0.6) is 0 Å². The van der Waals surface area contributed by atoms with Crippen LogP contribution in [0.3, 0.4) is 0 Å². The molecule has 0 spiro atoms. The second-order valence-corrected chi connectivity index (χ2v) is 5.82. The Morgan fingerprint density at radius 2 is 1.84 bits per heavy atom.